The Morgan fingerprint density at radius 3 is 2.78 bits per heavy atom. The number of hydrogen-bond donors (Lipinski definition) is 2. The molecule has 1 fully saturated rings. The number of benzene rings is 1. The van der Waals surface area contributed by atoms with Gasteiger partial charge in [0.15, 0.2) is 0 Å². The Hall–Kier alpha value is -2.80. The van der Waals surface area contributed by atoms with E-state index in [4.69, 9.17) is 17.3 Å². The summed E-state index contributed by atoms with van der Waals surface area (Å²) in [5.74, 6) is -1.75. The average Bonchev–Trinajstić information content (AvgIpc) is 3.40. The summed E-state index contributed by atoms with van der Waals surface area (Å²) < 4.78 is 27.3. The molecule has 1 aromatic heterocycles. The van der Waals surface area contributed by atoms with E-state index < -0.39 is 23.1 Å². The van der Waals surface area contributed by atoms with E-state index in [9.17, 15) is 13.6 Å². The van der Waals surface area contributed by atoms with E-state index in [1.807, 2.05) is 0 Å². The van der Waals surface area contributed by atoms with E-state index in [1.165, 1.54) is 30.6 Å². The Bertz CT molecular complexity index is 955. The van der Waals surface area contributed by atoms with Crippen molar-refractivity contribution in [3.63, 3.8) is 0 Å². The lowest BCUT2D eigenvalue weighted by Crippen LogP contribution is -2.24. The molecule has 8 heteroatoms. The number of pyridine rings is 1. The monoisotopic (exact) mass is 390 g/mol. The van der Waals surface area contributed by atoms with Crippen molar-refractivity contribution in [2.45, 2.75) is 25.2 Å². The topological polar surface area (TPSA) is 80.4 Å². The van der Waals surface area contributed by atoms with E-state index in [0.717, 1.165) is 0 Å². The van der Waals surface area contributed by atoms with Gasteiger partial charge in [-0.2, -0.15) is 9.38 Å². The number of aliphatic imine (C=N–C) groups is 1. The van der Waals surface area contributed by atoms with Gasteiger partial charge in [0.1, 0.15) is 11.7 Å². The fourth-order valence-corrected chi connectivity index (χ4v) is 3.10. The van der Waals surface area contributed by atoms with E-state index in [0.29, 0.717) is 24.1 Å². The molecule has 1 aliphatic rings. The first-order valence-corrected chi connectivity index (χ1v) is 8.59. The second-order valence-corrected chi connectivity index (χ2v) is 6.70. The molecule has 0 spiro atoms. The molecule has 0 bridgehead atoms. The van der Waals surface area contributed by atoms with Gasteiger partial charge in [-0.1, -0.05) is 17.7 Å². The van der Waals surface area contributed by atoms with Crippen molar-refractivity contribution in [2.75, 3.05) is 5.32 Å². The minimum absolute atomic E-state index is 0.0579. The molecule has 1 aromatic carbocycles. The van der Waals surface area contributed by atoms with Crippen LogP contribution in [0.2, 0.25) is 5.02 Å². The van der Waals surface area contributed by atoms with Crippen LogP contribution in [0.1, 0.15) is 24.0 Å². The lowest BCUT2D eigenvalue weighted by Gasteiger charge is -2.16. The third kappa shape index (κ3) is 3.98. The molecule has 1 saturated carbocycles. The summed E-state index contributed by atoms with van der Waals surface area (Å²) in [5, 5.41) is 3.03. The van der Waals surface area contributed by atoms with Crippen LogP contribution in [-0.2, 0) is 10.2 Å². The van der Waals surface area contributed by atoms with Gasteiger partial charge in [0.2, 0.25) is 5.95 Å². The average molecular weight is 391 g/mol. The molecule has 0 radical (unpaired) electrons. The second kappa shape index (κ2) is 7.44. The van der Waals surface area contributed by atoms with E-state index in [1.54, 1.807) is 19.1 Å². The molecule has 1 aliphatic carbocycles. The SMILES string of the molecule is Cc1ccc(F)c(C2(C(=O)N=C(N)/C=C\Nc3ccnc(F)c3)CC2)c1Cl. The Kier molecular flexibility index (Phi) is 5.23. The predicted molar refractivity (Wildman–Crippen MR) is 101 cm³/mol. The van der Waals surface area contributed by atoms with Crippen LogP contribution in [0.15, 0.2) is 47.7 Å². The van der Waals surface area contributed by atoms with Gasteiger partial charge in [-0.15, -0.1) is 0 Å². The number of amidine groups is 1. The van der Waals surface area contributed by atoms with Crippen LogP contribution in [0.5, 0.6) is 0 Å². The number of nitrogens with zero attached hydrogens (tertiary/aromatic N) is 2. The molecule has 27 heavy (non-hydrogen) atoms. The number of aryl methyl sites for hydroxylation is 1. The van der Waals surface area contributed by atoms with Crippen LogP contribution in [0.25, 0.3) is 0 Å². The lowest BCUT2D eigenvalue weighted by atomic mass is 9.93. The van der Waals surface area contributed by atoms with Crippen molar-refractivity contribution in [2.24, 2.45) is 10.7 Å². The molecule has 1 heterocycles. The van der Waals surface area contributed by atoms with Gasteiger partial charge in [0.25, 0.3) is 5.91 Å². The number of amides is 1. The molecular formula is C19H17ClF2N4O. The highest BCUT2D eigenvalue weighted by Gasteiger charge is 2.54. The van der Waals surface area contributed by atoms with E-state index in [-0.39, 0.29) is 16.4 Å². The molecular weight excluding hydrogens is 374 g/mol. The maximum absolute atomic E-state index is 14.3. The number of anilines is 1. The maximum atomic E-state index is 14.3. The smallest absolute Gasteiger partial charge is 0.258 e. The van der Waals surface area contributed by atoms with Crippen LogP contribution < -0.4 is 11.1 Å². The first-order valence-electron chi connectivity index (χ1n) is 8.22. The van der Waals surface area contributed by atoms with Crippen LogP contribution in [0.4, 0.5) is 14.5 Å². The Morgan fingerprint density at radius 2 is 2.11 bits per heavy atom. The van der Waals surface area contributed by atoms with Gasteiger partial charge in [-0.05, 0) is 43.5 Å². The van der Waals surface area contributed by atoms with Gasteiger partial charge in [0, 0.05) is 29.7 Å². The molecule has 3 rings (SSSR count). The summed E-state index contributed by atoms with van der Waals surface area (Å²) in [6.07, 6.45) is 5.01. The zero-order valence-electron chi connectivity index (χ0n) is 14.5. The van der Waals surface area contributed by atoms with E-state index in [2.05, 4.69) is 15.3 Å². The normalized spacial score (nSPS) is 15.8. The highest BCUT2D eigenvalue weighted by molar-refractivity contribution is 6.32. The number of hydrogen-bond acceptors (Lipinski definition) is 3. The number of rotatable bonds is 5. The summed E-state index contributed by atoms with van der Waals surface area (Å²) in [7, 11) is 0. The standard InChI is InChI=1S/C19H17ClF2N4O/c1-11-2-3-13(21)16(17(11)20)19(6-7-19)18(27)26-15(23)5-9-24-12-4-8-25-14(22)10-12/h2-5,8-10H,6-7H2,1H3,(H,24,25)(H2,23,26,27)/b9-5-. The third-order valence-corrected chi connectivity index (χ3v) is 4.87. The Labute approximate surface area is 160 Å². The van der Waals surface area contributed by atoms with Crippen LogP contribution in [-0.4, -0.2) is 16.7 Å². The minimum atomic E-state index is -1.06. The van der Waals surface area contributed by atoms with Gasteiger partial charge in [-0.3, -0.25) is 4.79 Å². The zero-order valence-corrected chi connectivity index (χ0v) is 15.2. The maximum Gasteiger partial charge on any atom is 0.258 e. The third-order valence-electron chi connectivity index (χ3n) is 4.38. The summed E-state index contributed by atoms with van der Waals surface area (Å²) in [4.78, 5) is 19.9. The summed E-state index contributed by atoms with van der Waals surface area (Å²) in [5.41, 5.74) is 6.04. The fraction of sp³-hybridized carbons (Fsp3) is 0.211. The molecule has 1 amide bonds. The molecule has 0 saturated heterocycles. The van der Waals surface area contributed by atoms with Gasteiger partial charge in [-0.25, -0.2) is 9.37 Å². The molecule has 0 unspecified atom stereocenters. The first kappa shape index (κ1) is 19.0. The molecule has 0 atom stereocenters. The minimum Gasteiger partial charge on any atom is -0.384 e. The first-order chi connectivity index (χ1) is 12.8. The van der Waals surface area contributed by atoms with Gasteiger partial charge in [0.05, 0.1) is 10.4 Å². The van der Waals surface area contributed by atoms with Crippen LogP contribution in [0.3, 0.4) is 0 Å². The Balaban J connectivity index is 1.76. The van der Waals surface area contributed by atoms with Crippen molar-refractivity contribution in [1.29, 1.82) is 0 Å². The van der Waals surface area contributed by atoms with Crippen molar-refractivity contribution in [3.8, 4) is 0 Å². The molecule has 3 N–H and O–H groups in total. The highest BCUT2D eigenvalue weighted by Crippen LogP contribution is 2.52. The van der Waals surface area contributed by atoms with Crippen molar-refractivity contribution in [3.05, 3.63) is 70.7 Å². The molecule has 5 nitrogen and oxygen atoms in total. The molecule has 2 aromatic rings. The number of aromatic nitrogens is 1. The van der Waals surface area contributed by atoms with Gasteiger partial charge >= 0.3 is 0 Å². The van der Waals surface area contributed by atoms with Crippen LogP contribution in [0, 0.1) is 18.7 Å². The second-order valence-electron chi connectivity index (χ2n) is 6.32. The summed E-state index contributed by atoms with van der Waals surface area (Å²) in [6, 6.07) is 5.63. The molecule has 0 aliphatic heterocycles. The van der Waals surface area contributed by atoms with E-state index >= 15 is 0 Å². The Morgan fingerprint density at radius 1 is 1.37 bits per heavy atom. The summed E-state index contributed by atoms with van der Waals surface area (Å²) >= 11 is 6.24. The number of carbonyl (C=O) groups excluding carboxylic acids is 1. The fourth-order valence-electron chi connectivity index (χ4n) is 2.77. The van der Waals surface area contributed by atoms with Crippen molar-refractivity contribution in [1.82, 2.24) is 4.98 Å². The number of carbonyl (C=O) groups is 1. The molecule has 140 valence electrons. The highest BCUT2D eigenvalue weighted by atomic mass is 35.5. The van der Waals surface area contributed by atoms with Gasteiger partial charge < -0.3 is 11.1 Å². The largest absolute Gasteiger partial charge is 0.384 e. The van der Waals surface area contributed by atoms with Crippen molar-refractivity contribution < 1.29 is 13.6 Å². The van der Waals surface area contributed by atoms with Crippen LogP contribution >= 0.6 is 11.6 Å². The quantitative estimate of drug-likeness (QED) is 0.461. The van der Waals surface area contributed by atoms with Crippen molar-refractivity contribution >= 4 is 29.0 Å². The lowest BCUT2D eigenvalue weighted by molar-refractivity contribution is -0.120. The zero-order chi connectivity index (χ0) is 19.6. The summed E-state index contributed by atoms with van der Waals surface area (Å²) in [6.45, 7) is 1.75. The predicted octanol–water partition coefficient (Wildman–Crippen LogP) is 3.86. The number of nitrogens with one attached hydrogen (secondary N) is 1. The number of halogens is 3. The number of nitrogens with two attached hydrogens (primary N) is 1.